The van der Waals surface area contributed by atoms with Crippen LogP contribution in [0.4, 0.5) is 0 Å². The molecule has 1 unspecified atom stereocenters. The van der Waals surface area contributed by atoms with E-state index in [1.54, 1.807) is 18.1 Å². The van der Waals surface area contributed by atoms with E-state index < -0.39 is 12.0 Å². The number of carbonyl (C=O) groups is 2. The average Bonchev–Trinajstić information content (AvgIpc) is 3.04. The molecule has 4 N–H and O–H groups in total. The number of ether oxygens (including phenoxy) is 1. The van der Waals surface area contributed by atoms with E-state index in [0.29, 0.717) is 18.8 Å². The highest BCUT2D eigenvalue weighted by molar-refractivity contribution is 5.94. The Morgan fingerprint density at radius 1 is 1.44 bits per heavy atom. The van der Waals surface area contributed by atoms with Gasteiger partial charge in [0.05, 0.1) is 31.3 Å². The number of carboxylic acid groups (broad SMARTS) is 1. The Kier molecular flexibility index (Phi) is 4.57. The van der Waals surface area contributed by atoms with Crippen molar-refractivity contribution in [1.29, 1.82) is 0 Å². The van der Waals surface area contributed by atoms with Crippen molar-refractivity contribution >= 4 is 11.9 Å². The number of phenols is 1. The largest absolute Gasteiger partial charge is 0.507 e. The number of carbonyl (C=O) groups excluding carboxylic acids is 1. The molecule has 0 aliphatic carbocycles. The van der Waals surface area contributed by atoms with Gasteiger partial charge in [0.15, 0.2) is 0 Å². The monoisotopic (exact) mass is 346 g/mol. The molecule has 9 nitrogen and oxygen atoms in total. The van der Waals surface area contributed by atoms with Crippen molar-refractivity contribution in [2.45, 2.75) is 12.1 Å². The van der Waals surface area contributed by atoms with Crippen molar-refractivity contribution < 1.29 is 24.5 Å². The van der Waals surface area contributed by atoms with E-state index >= 15 is 0 Å². The van der Waals surface area contributed by atoms with Crippen molar-refractivity contribution in [2.75, 3.05) is 20.1 Å². The number of H-pyrrole nitrogens is 1. The van der Waals surface area contributed by atoms with Gasteiger partial charge in [-0.3, -0.25) is 4.79 Å². The number of aromatic carboxylic acids is 1. The Hall–Kier alpha value is -3.07. The van der Waals surface area contributed by atoms with E-state index in [-0.39, 0.29) is 29.1 Å². The number of likely N-dealkylation sites (tertiary alicyclic amines) is 1. The Balaban J connectivity index is 1.63. The third-order valence-corrected chi connectivity index (χ3v) is 4.04. The number of likely N-dealkylation sites (N-methyl/N-ethyl adjacent to an activating group) is 1. The molecule has 2 heterocycles. The number of imidazole rings is 1. The third kappa shape index (κ3) is 3.26. The van der Waals surface area contributed by atoms with Crippen molar-refractivity contribution in [2.24, 2.45) is 0 Å². The predicted molar refractivity (Wildman–Crippen MR) is 86.5 cm³/mol. The summed E-state index contributed by atoms with van der Waals surface area (Å²) in [6.07, 6.45) is 2.76. The number of hydrogen-bond donors (Lipinski definition) is 4. The number of aromatic hydroxyl groups is 1. The number of hydrogen-bond acceptors (Lipinski definition) is 6. The first-order chi connectivity index (χ1) is 12.0. The number of aromatic amines is 1. The fourth-order valence-electron chi connectivity index (χ4n) is 2.72. The molecule has 9 heteroatoms. The van der Waals surface area contributed by atoms with Crippen molar-refractivity contribution in [1.82, 2.24) is 20.2 Å². The molecular formula is C16H18N4O5. The van der Waals surface area contributed by atoms with Crippen LogP contribution < -0.4 is 10.1 Å². The number of benzene rings is 1. The summed E-state index contributed by atoms with van der Waals surface area (Å²) in [6.45, 7) is 0.666. The van der Waals surface area contributed by atoms with Gasteiger partial charge in [-0.15, -0.1) is 0 Å². The first-order valence-electron chi connectivity index (χ1n) is 7.67. The molecule has 1 amide bonds. The van der Waals surface area contributed by atoms with E-state index in [4.69, 9.17) is 4.74 Å². The zero-order chi connectivity index (χ0) is 18.0. The minimum absolute atomic E-state index is 0.0864. The Labute approximate surface area is 143 Å². The second kappa shape index (κ2) is 6.81. The number of amides is 1. The summed E-state index contributed by atoms with van der Waals surface area (Å²) in [5, 5.41) is 21.8. The molecule has 1 aromatic carbocycles. The Morgan fingerprint density at radius 3 is 2.80 bits per heavy atom. The lowest BCUT2D eigenvalue weighted by Crippen LogP contribution is -2.58. The molecule has 1 aliphatic heterocycles. The van der Waals surface area contributed by atoms with Crippen LogP contribution in [0.5, 0.6) is 11.5 Å². The van der Waals surface area contributed by atoms with Gasteiger partial charge >= 0.3 is 5.97 Å². The zero-order valence-electron chi connectivity index (χ0n) is 13.5. The van der Waals surface area contributed by atoms with Crippen LogP contribution in [0.3, 0.4) is 0 Å². The molecule has 0 spiro atoms. The van der Waals surface area contributed by atoms with Crippen LogP contribution in [0.2, 0.25) is 0 Å². The van der Waals surface area contributed by atoms with Crippen LogP contribution in [0, 0.1) is 0 Å². The van der Waals surface area contributed by atoms with Gasteiger partial charge in [0.2, 0.25) is 5.91 Å². The lowest BCUT2D eigenvalue weighted by Gasteiger charge is -2.40. The summed E-state index contributed by atoms with van der Waals surface area (Å²) >= 11 is 0. The van der Waals surface area contributed by atoms with Gasteiger partial charge in [-0.2, -0.15) is 0 Å². The van der Waals surface area contributed by atoms with Gasteiger partial charge in [0, 0.05) is 0 Å². The smallest absolute Gasteiger partial charge is 0.343 e. The maximum absolute atomic E-state index is 12.5. The standard InChI is InChI=1S/C16H18N4O5/c1-17-14(10-5-18-8-19-10)15(22)20-6-9(7-20)25-12-4-2-3-11(21)13(12)16(23)24/h2-5,8-9,14,17,21H,6-7H2,1H3,(H,18,19)(H,23,24). The summed E-state index contributed by atoms with van der Waals surface area (Å²) in [5.74, 6) is -1.66. The van der Waals surface area contributed by atoms with Gasteiger partial charge in [0.1, 0.15) is 29.2 Å². The van der Waals surface area contributed by atoms with Crippen molar-refractivity contribution in [3.8, 4) is 11.5 Å². The minimum atomic E-state index is -1.27. The quantitative estimate of drug-likeness (QED) is 0.595. The number of aromatic nitrogens is 2. The fraction of sp³-hybridized carbons (Fsp3) is 0.312. The molecule has 1 fully saturated rings. The number of carboxylic acids is 1. The SMILES string of the molecule is CNC(C(=O)N1CC(Oc2cccc(O)c2C(=O)O)C1)c1cnc[nH]1. The second-order valence-electron chi connectivity index (χ2n) is 5.67. The second-order valence-corrected chi connectivity index (χ2v) is 5.67. The van der Waals surface area contributed by atoms with Crippen molar-refractivity contribution in [3.05, 3.63) is 42.0 Å². The van der Waals surface area contributed by atoms with E-state index in [0.717, 1.165) is 0 Å². The highest BCUT2D eigenvalue weighted by atomic mass is 16.5. The van der Waals surface area contributed by atoms with E-state index in [9.17, 15) is 19.8 Å². The van der Waals surface area contributed by atoms with Crippen LogP contribution >= 0.6 is 0 Å². The lowest BCUT2D eigenvalue weighted by molar-refractivity contribution is -0.142. The molecular weight excluding hydrogens is 328 g/mol. The summed E-state index contributed by atoms with van der Waals surface area (Å²) < 4.78 is 5.63. The van der Waals surface area contributed by atoms with Crippen LogP contribution in [0.15, 0.2) is 30.7 Å². The summed E-state index contributed by atoms with van der Waals surface area (Å²) in [4.78, 5) is 32.2. The highest BCUT2D eigenvalue weighted by Crippen LogP contribution is 2.30. The Bertz CT molecular complexity index is 771. The number of nitrogens with zero attached hydrogens (tertiary/aromatic N) is 2. The lowest BCUT2D eigenvalue weighted by atomic mass is 10.1. The van der Waals surface area contributed by atoms with Crippen molar-refractivity contribution in [3.63, 3.8) is 0 Å². The van der Waals surface area contributed by atoms with E-state index in [1.165, 1.54) is 24.5 Å². The Morgan fingerprint density at radius 2 is 2.20 bits per heavy atom. The molecule has 0 saturated carbocycles. The molecule has 1 aliphatic rings. The zero-order valence-corrected chi connectivity index (χ0v) is 13.5. The summed E-state index contributed by atoms with van der Waals surface area (Å²) in [5.41, 5.74) is 0.385. The number of rotatable bonds is 6. The summed E-state index contributed by atoms with van der Waals surface area (Å²) in [7, 11) is 1.68. The number of nitrogens with one attached hydrogen (secondary N) is 2. The molecule has 1 saturated heterocycles. The predicted octanol–water partition coefficient (Wildman–Crippen LogP) is 0.364. The highest BCUT2D eigenvalue weighted by Gasteiger charge is 2.37. The molecule has 132 valence electrons. The molecule has 1 atom stereocenters. The molecule has 2 aromatic rings. The van der Waals surface area contributed by atoms with Crippen LogP contribution in [0.25, 0.3) is 0 Å². The first kappa shape index (κ1) is 16.8. The van der Waals surface area contributed by atoms with E-state index in [2.05, 4.69) is 15.3 Å². The average molecular weight is 346 g/mol. The first-order valence-corrected chi connectivity index (χ1v) is 7.67. The van der Waals surface area contributed by atoms with Crippen LogP contribution in [0.1, 0.15) is 22.1 Å². The molecule has 0 bridgehead atoms. The van der Waals surface area contributed by atoms with Gasteiger partial charge in [-0.1, -0.05) is 6.07 Å². The molecule has 1 aromatic heterocycles. The normalized spacial score (nSPS) is 15.5. The van der Waals surface area contributed by atoms with Gasteiger partial charge in [-0.25, -0.2) is 9.78 Å². The van der Waals surface area contributed by atoms with E-state index in [1.807, 2.05) is 0 Å². The third-order valence-electron chi connectivity index (χ3n) is 4.04. The van der Waals surface area contributed by atoms with Gasteiger partial charge in [0.25, 0.3) is 0 Å². The van der Waals surface area contributed by atoms with Gasteiger partial charge < -0.3 is 30.2 Å². The topological polar surface area (TPSA) is 128 Å². The fourth-order valence-corrected chi connectivity index (χ4v) is 2.72. The minimum Gasteiger partial charge on any atom is -0.507 e. The maximum atomic E-state index is 12.5. The van der Waals surface area contributed by atoms with Gasteiger partial charge in [-0.05, 0) is 19.2 Å². The maximum Gasteiger partial charge on any atom is 0.343 e. The van der Waals surface area contributed by atoms with Crippen LogP contribution in [-0.2, 0) is 4.79 Å². The molecule has 0 radical (unpaired) electrons. The molecule has 25 heavy (non-hydrogen) atoms. The van der Waals surface area contributed by atoms with Crippen LogP contribution in [-0.4, -0.2) is 63.2 Å². The summed E-state index contributed by atoms with van der Waals surface area (Å²) in [6, 6.07) is 3.75. The molecule has 3 rings (SSSR count).